The number of carbonyl (C=O) groups excluding carboxylic acids is 2. The molecule has 1 N–H and O–H groups in total. The molecule has 0 radical (unpaired) electrons. The third-order valence-corrected chi connectivity index (χ3v) is 4.34. The van der Waals surface area contributed by atoms with Crippen LogP contribution in [0.5, 0.6) is 0 Å². The minimum absolute atomic E-state index is 0.0943. The van der Waals surface area contributed by atoms with Crippen LogP contribution in [0.1, 0.15) is 45.4 Å². The summed E-state index contributed by atoms with van der Waals surface area (Å²) in [6.07, 6.45) is 9.76. The third-order valence-electron chi connectivity index (χ3n) is 4.34. The minimum Gasteiger partial charge on any atom is -0.356 e. The summed E-state index contributed by atoms with van der Waals surface area (Å²) in [5, 5.41) is 2.96. The first kappa shape index (κ1) is 15.1. The van der Waals surface area contributed by atoms with Crippen molar-refractivity contribution in [1.82, 2.24) is 10.2 Å². The summed E-state index contributed by atoms with van der Waals surface area (Å²) in [5.41, 5.74) is 0. The van der Waals surface area contributed by atoms with Gasteiger partial charge in [0.1, 0.15) is 0 Å². The average Bonchev–Trinajstić information content (AvgIpc) is 2.53. The number of amides is 2. The second kappa shape index (κ2) is 7.46. The second-order valence-corrected chi connectivity index (χ2v) is 5.87. The first-order valence-electron chi connectivity index (χ1n) is 7.94. The Bertz CT molecular complexity index is 371. The molecule has 1 unspecified atom stereocenters. The van der Waals surface area contributed by atoms with Gasteiger partial charge in [-0.25, -0.2) is 0 Å². The lowest BCUT2D eigenvalue weighted by Crippen LogP contribution is -2.45. The zero-order chi connectivity index (χ0) is 14.4. The molecule has 1 heterocycles. The molecule has 1 aliphatic carbocycles. The largest absolute Gasteiger partial charge is 0.356 e. The van der Waals surface area contributed by atoms with Crippen molar-refractivity contribution in [2.24, 2.45) is 11.8 Å². The second-order valence-electron chi connectivity index (χ2n) is 5.87. The first-order chi connectivity index (χ1) is 9.72. The van der Waals surface area contributed by atoms with Gasteiger partial charge in [-0.1, -0.05) is 19.1 Å². The molecule has 4 heteroatoms. The topological polar surface area (TPSA) is 49.4 Å². The van der Waals surface area contributed by atoms with E-state index in [-0.39, 0.29) is 17.7 Å². The van der Waals surface area contributed by atoms with Crippen LogP contribution in [0.3, 0.4) is 0 Å². The van der Waals surface area contributed by atoms with Crippen LogP contribution in [0.4, 0.5) is 0 Å². The molecule has 1 atom stereocenters. The van der Waals surface area contributed by atoms with E-state index < -0.39 is 0 Å². The molecule has 0 aromatic heterocycles. The Hall–Kier alpha value is -1.32. The van der Waals surface area contributed by atoms with Gasteiger partial charge in [0.15, 0.2) is 0 Å². The number of piperidine rings is 1. The molecule has 0 bridgehead atoms. The quantitative estimate of drug-likeness (QED) is 0.801. The molecule has 2 amide bonds. The Morgan fingerprint density at radius 3 is 2.50 bits per heavy atom. The maximum absolute atomic E-state index is 12.4. The number of hydrogen-bond acceptors (Lipinski definition) is 2. The van der Waals surface area contributed by atoms with Crippen molar-refractivity contribution in [2.45, 2.75) is 45.4 Å². The summed E-state index contributed by atoms with van der Waals surface area (Å²) in [5.74, 6) is 0.726. The van der Waals surface area contributed by atoms with Gasteiger partial charge in [-0.3, -0.25) is 9.59 Å². The van der Waals surface area contributed by atoms with Crippen molar-refractivity contribution < 1.29 is 9.59 Å². The van der Waals surface area contributed by atoms with Crippen LogP contribution in [0.25, 0.3) is 0 Å². The predicted octanol–water partition coefficient (Wildman–Crippen LogP) is 2.11. The van der Waals surface area contributed by atoms with Crippen LogP contribution in [-0.2, 0) is 9.59 Å². The van der Waals surface area contributed by atoms with Crippen LogP contribution in [0.2, 0.25) is 0 Å². The van der Waals surface area contributed by atoms with E-state index in [1.165, 1.54) is 0 Å². The molecule has 4 nitrogen and oxygen atoms in total. The Morgan fingerprint density at radius 2 is 1.90 bits per heavy atom. The van der Waals surface area contributed by atoms with E-state index in [1.807, 2.05) is 4.90 Å². The fourth-order valence-electron chi connectivity index (χ4n) is 3.03. The smallest absolute Gasteiger partial charge is 0.226 e. The minimum atomic E-state index is 0.0943. The fourth-order valence-corrected chi connectivity index (χ4v) is 3.03. The number of hydrogen-bond donors (Lipinski definition) is 1. The van der Waals surface area contributed by atoms with Crippen molar-refractivity contribution in [1.29, 1.82) is 0 Å². The molecular formula is C16H26N2O2. The summed E-state index contributed by atoms with van der Waals surface area (Å²) in [6.45, 7) is 4.29. The number of nitrogens with one attached hydrogen (secondary N) is 1. The highest BCUT2D eigenvalue weighted by Crippen LogP contribution is 2.24. The highest BCUT2D eigenvalue weighted by atomic mass is 16.2. The summed E-state index contributed by atoms with van der Waals surface area (Å²) < 4.78 is 0. The van der Waals surface area contributed by atoms with Gasteiger partial charge in [-0.05, 0) is 38.5 Å². The lowest BCUT2D eigenvalue weighted by Gasteiger charge is -2.34. The Morgan fingerprint density at radius 1 is 1.15 bits per heavy atom. The van der Waals surface area contributed by atoms with Gasteiger partial charge in [0, 0.05) is 31.5 Å². The van der Waals surface area contributed by atoms with Gasteiger partial charge >= 0.3 is 0 Å². The number of likely N-dealkylation sites (tertiary alicyclic amines) is 1. The van der Waals surface area contributed by atoms with Crippen molar-refractivity contribution in [3.8, 4) is 0 Å². The summed E-state index contributed by atoms with van der Waals surface area (Å²) in [7, 11) is 0. The van der Waals surface area contributed by atoms with Crippen molar-refractivity contribution in [3.63, 3.8) is 0 Å². The molecule has 20 heavy (non-hydrogen) atoms. The Labute approximate surface area is 121 Å². The van der Waals surface area contributed by atoms with E-state index in [0.29, 0.717) is 5.91 Å². The average molecular weight is 278 g/mol. The van der Waals surface area contributed by atoms with Crippen LogP contribution < -0.4 is 5.32 Å². The number of rotatable bonds is 4. The zero-order valence-electron chi connectivity index (χ0n) is 12.4. The van der Waals surface area contributed by atoms with Gasteiger partial charge in [0.05, 0.1) is 0 Å². The standard InChI is InChI=1S/C16H26N2O2/c1-2-10-17-15(19)13-8-11-18(12-9-13)16(20)14-6-4-3-5-7-14/h3-4,13-14H,2,5-12H2,1H3,(H,17,19). The van der Waals surface area contributed by atoms with Crippen LogP contribution in [0, 0.1) is 11.8 Å². The molecule has 1 aliphatic heterocycles. The van der Waals surface area contributed by atoms with E-state index in [2.05, 4.69) is 24.4 Å². The van der Waals surface area contributed by atoms with Gasteiger partial charge in [0.25, 0.3) is 0 Å². The van der Waals surface area contributed by atoms with E-state index in [0.717, 1.165) is 58.2 Å². The van der Waals surface area contributed by atoms with Crippen molar-refractivity contribution in [3.05, 3.63) is 12.2 Å². The highest BCUT2D eigenvalue weighted by Gasteiger charge is 2.30. The van der Waals surface area contributed by atoms with Gasteiger partial charge < -0.3 is 10.2 Å². The molecule has 0 spiro atoms. The van der Waals surface area contributed by atoms with E-state index in [9.17, 15) is 9.59 Å². The molecule has 0 aromatic rings. The number of nitrogens with zero attached hydrogens (tertiary/aromatic N) is 1. The normalized spacial score (nSPS) is 23.6. The SMILES string of the molecule is CCCNC(=O)C1CCN(C(=O)C2CC=CCC2)CC1. The third kappa shape index (κ3) is 3.84. The number of allylic oxidation sites excluding steroid dienone is 2. The molecule has 0 saturated carbocycles. The van der Waals surface area contributed by atoms with E-state index >= 15 is 0 Å². The van der Waals surface area contributed by atoms with E-state index in [4.69, 9.17) is 0 Å². The summed E-state index contributed by atoms with van der Waals surface area (Å²) in [4.78, 5) is 26.3. The molecule has 0 aromatic carbocycles. The molecule has 2 rings (SSSR count). The van der Waals surface area contributed by atoms with Crippen LogP contribution >= 0.6 is 0 Å². The van der Waals surface area contributed by atoms with Crippen molar-refractivity contribution in [2.75, 3.05) is 19.6 Å². The van der Waals surface area contributed by atoms with Gasteiger partial charge in [0.2, 0.25) is 11.8 Å². The lowest BCUT2D eigenvalue weighted by atomic mass is 9.90. The Kier molecular flexibility index (Phi) is 5.62. The Balaban J connectivity index is 1.77. The summed E-state index contributed by atoms with van der Waals surface area (Å²) in [6, 6.07) is 0. The molecule has 1 saturated heterocycles. The maximum Gasteiger partial charge on any atom is 0.226 e. The van der Waals surface area contributed by atoms with E-state index in [1.54, 1.807) is 0 Å². The highest BCUT2D eigenvalue weighted by molar-refractivity contribution is 5.81. The lowest BCUT2D eigenvalue weighted by molar-refractivity contribution is -0.139. The predicted molar refractivity (Wildman–Crippen MR) is 79.1 cm³/mol. The molecule has 2 aliphatic rings. The number of carbonyl (C=O) groups is 2. The molecule has 1 fully saturated rings. The van der Waals surface area contributed by atoms with Crippen LogP contribution in [-0.4, -0.2) is 36.3 Å². The van der Waals surface area contributed by atoms with Crippen molar-refractivity contribution >= 4 is 11.8 Å². The maximum atomic E-state index is 12.4. The monoisotopic (exact) mass is 278 g/mol. The van der Waals surface area contributed by atoms with Crippen LogP contribution in [0.15, 0.2) is 12.2 Å². The van der Waals surface area contributed by atoms with Gasteiger partial charge in [-0.2, -0.15) is 0 Å². The molecular weight excluding hydrogens is 252 g/mol. The molecule has 112 valence electrons. The zero-order valence-corrected chi connectivity index (χ0v) is 12.4. The summed E-state index contributed by atoms with van der Waals surface area (Å²) >= 11 is 0. The first-order valence-corrected chi connectivity index (χ1v) is 7.94. The fraction of sp³-hybridized carbons (Fsp3) is 0.750. The van der Waals surface area contributed by atoms with Gasteiger partial charge in [-0.15, -0.1) is 0 Å².